The Morgan fingerprint density at radius 2 is 1.93 bits per heavy atom. The number of benzene rings is 1. The zero-order valence-corrected chi connectivity index (χ0v) is 15.7. The number of hydrogen-bond acceptors (Lipinski definition) is 6. The molecule has 3 N–H and O–H groups in total. The molecule has 8 nitrogen and oxygen atoms in total. The van der Waals surface area contributed by atoms with E-state index in [0.29, 0.717) is 27.0 Å². The molecule has 140 valence electrons. The molecule has 9 heteroatoms. The quantitative estimate of drug-likeness (QED) is 0.442. The predicted octanol–water partition coefficient (Wildman–Crippen LogP) is 0.643. The molecular formula is C19H16N6O2S. The van der Waals surface area contributed by atoms with Crippen LogP contribution in [0.5, 0.6) is 0 Å². The highest BCUT2D eigenvalue weighted by Gasteiger charge is 2.12. The largest absolute Gasteiger partial charge is 0.302 e. The molecule has 1 amide bonds. The summed E-state index contributed by atoms with van der Waals surface area (Å²) in [7, 11) is 0. The van der Waals surface area contributed by atoms with Crippen LogP contribution in [0.15, 0.2) is 53.6 Å². The number of carbonyl (C=O) groups excluding carboxylic acids is 1. The summed E-state index contributed by atoms with van der Waals surface area (Å²) in [6.07, 6.45) is 3.06. The van der Waals surface area contributed by atoms with Crippen LogP contribution in [0.1, 0.15) is 17.3 Å². The smallest absolute Gasteiger partial charge is 0.283 e. The molecule has 0 saturated carbocycles. The number of H-pyrrole nitrogens is 1. The normalized spacial score (nSPS) is 12.0. The maximum atomic E-state index is 12.9. The molecule has 0 radical (unpaired) electrons. The number of thiazole rings is 1. The molecule has 0 bridgehead atoms. The molecule has 0 saturated heterocycles. The van der Waals surface area contributed by atoms with Gasteiger partial charge in [0.15, 0.2) is 0 Å². The Bertz CT molecular complexity index is 1300. The minimum atomic E-state index is -0.339. The predicted molar refractivity (Wildman–Crippen MR) is 108 cm³/mol. The Hall–Kier alpha value is -3.72. The number of nitrogens with one attached hydrogen (secondary N) is 3. The number of hydrogen-bond donors (Lipinski definition) is 3. The average Bonchev–Trinajstić information content (AvgIpc) is 3.27. The third-order valence-electron chi connectivity index (χ3n) is 4.12. The molecular weight excluding hydrogens is 376 g/mol. The molecule has 0 aliphatic heterocycles. The van der Waals surface area contributed by atoms with Gasteiger partial charge in [0.05, 0.1) is 20.8 Å². The molecule has 0 atom stereocenters. The van der Waals surface area contributed by atoms with Crippen molar-refractivity contribution in [1.82, 2.24) is 30.6 Å². The second kappa shape index (κ2) is 7.12. The van der Waals surface area contributed by atoms with Crippen LogP contribution in [0.2, 0.25) is 0 Å². The van der Waals surface area contributed by atoms with E-state index in [1.165, 1.54) is 28.4 Å². The minimum absolute atomic E-state index is 0.299. The van der Waals surface area contributed by atoms with Gasteiger partial charge in [0, 0.05) is 23.7 Å². The zero-order valence-electron chi connectivity index (χ0n) is 14.9. The SMILES string of the molecule is C=c1[nH]n(-c2nc3ccccc3s2)c(=O)c1=C(C)NNC(=O)c1ccncc1. The maximum absolute atomic E-state index is 12.9. The number of pyridine rings is 1. The monoisotopic (exact) mass is 392 g/mol. The number of amides is 1. The number of nitrogens with zero attached hydrogens (tertiary/aromatic N) is 3. The van der Waals surface area contributed by atoms with E-state index in [9.17, 15) is 9.59 Å². The molecule has 4 rings (SSSR count). The lowest BCUT2D eigenvalue weighted by molar-refractivity contribution is 0.0942. The van der Waals surface area contributed by atoms with Gasteiger partial charge in [0.2, 0.25) is 5.13 Å². The van der Waals surface area contributed by atoms with E-state index in [4.69, 9.17) is 0 Å². The Morgan fingerprint density at radius 1 is 1.18 bits per heavy atom. The van der Waals surface area contributed by atoms with Crippen LogP contribution in [0.25, 0.3) is 27.6 Å². The summed E-state index contributed by atoms with van der Waals surface area (Å²) in [5.41, 5.74) is 6.78. The van der Waals surface area contributed by atoms with Crippen LogP contribution < -0.4 is 27.0 Å². The highest BCUT2D eigenvalue weighted by atomic mass is 32.1. The molecule has 1 aromatic carbocycles. The molecule has 0 unspecified atom stereocenters. The van der Waals surface area contributed by atoms with Crippen molar-refractivity contribution in [3.05, 3.63) is 75.3 Å². The first kappa shape index (κ1) is 17.7. The molecule has 0 fully saturated rings. The summed E-state index contributed by atoms with van der Waals surface area (Å²) in [4.78, 5) is 33.4. The summed E-state index contributed by atoms with van der Waals surface area (Å²) in [5, 5.41) is 4.24. The molecule has 4 aromatic rings. The fourth-order valence-electron chi connectivity index (χ4n) is 2.75. The molecule has 28 heavy (non-hydrogen) atoms. The van der Waals surface area contributed by atoms with E-state index in [1.54, 1.807) is 19.1 Å². The maximum Gasteiger partial charge on any atom is 0.283 e. The van der Waals surface area contributed by atoms with E-state index in [0.717, 1.165) is 10.2 Å². The van der Waals surface area contributed by atoms with Gasteiger partial charge in [-0.05, 0) is 31.2 Å². The first-order valence-corrected chi connectivity index (χ1v) is 9.19. The number of carbonyl (C=O) groups is 1. The number of aromatic nitrogens is 4. The Balaban J connectivity index is 1.67. The number of aromatic amines is 1. The third kappa shape index (κ3) is 3.19. The van der Waals surface area contributed by atoms with Crippen LogP contribution in [0.4, 0.5) is 0 Å². The first-order valence-electron chi connectivity index (χ1n) is 8.38. The van der Waals surface area contributed by atoms with Crippen molar-refractivity contribution < 1.29 is 4.79 Å². The van der Waals surface area contributed by atoms with Gasteiger partial charge in [-0.3, -0.25) is 25.1 Å². The van der Waals surface area contributed by atoms with Gasteiger partial charge in [0.25, 0.3) is 11.5 Å². The number of para-hydroxylation sites is 1. The van der Waals surface area contributed by atoms with Crippen molar-refractivity contribution in [2.24, 2.45) is 0 Å². The molecule has 3 aromatic heterocycles. The van der Waals surface area contributed by atoms with Crippen molar-refractivity contribution in [1.29, 1.82) is 0 Å². The highest BCUT2D eigenvalue weighted by molar-refractivity contribution is 7.20. The average molecular weight is 392 g/mol. The van der Waals surface area contributed by atoms with Gasteiger partial charge >= 0.3 is 0 Å². The Labute approximate surface area is 162 Å². The van der Waals surface area contributed by atoms with Crippen molar-refractivity contribution in [2.45, 2.75) is 6.92 Å². The van der Waals surface area contributed by atoms with E-state index < -0.39 is 0 Å². The van der Waals surface area contributed by atoms with Crippen molar-refractivity contribution in [3.63, 3.8) is 0 Å². The van der Waals surface area contributed by atoms with Gasteiger partial charge < -0.3 is 5.43 Å². The minimum Gasteiger partial charge on any atom is -0.302 e. The Morgan fingerprint density at radius 3 is 2.68 bits per heavy atom. The van der Waals surface area contributed by atoms with E-state index in [1.807, 2.05) is 24.3 Å². The van der Waals surface area contributed by atoms with Gasteiger partial charge in [-0.2, -0.15) is 4.68 Å². The van der Waals surface area contributed by atoms with E-state index in [-0.39, 0.29) is 11.5 Å². The van der Waals surface area contributed by atoms with Gasteiger partial charge in [-0.1, -0.05) is 30.0 Å². The topological polar surface area (TPSA) is 105 Å². The van der Waals surface area contributed by atoms with E-state index >= 15 is 0 Å². The summed E-state index contributed by atoms with van der Waals surface area (Å²) < 4.78 is 2.34. The second-order valence-corrected chi connectivity index (χ2v) is 7.02. The molecule has 0 spiro atoms. The summed E-state index contributed by atoms with van der Waals surface area (Å²) in [6, 6.07) is 10.8. The van der Waals surface area contributed by atoms with Gasteiger partial charge in [-0.25, -0.2) is 4.98 Å². The lowest BCUT2D eigenvalue weighted by atomic mass is 10.2. The fraction of sp³-hybridized carbons (Fsp3) is 0.0526. The van der Waals surface area contributed by atoms with Crippen LogP contribution in [0, 0.1) is 0 Å². The van der Waals surface area contributed by atoms with Crippen molar-refractivity contribution in [3.8, 4) is 5.13 Å². The highest BCUT2D eigenvalue weighted by Crippen LogP contribution is 2.22. The fourth-order valence-corrected chi connectivity index (χ4v) is 3.67. The van der Waals surface area contributed by atoms with E-state index in [2.05, 4.69) is 32.5 Å². The van der Waals surface area contributed by atoms with Gasteiger partial charge in [0.1, 0.15) is 0 Å². The second-order valence-electron chi connectivity index (χ2n) is 6.01. The molecule has 3 heterocycles. The summed E-state index contributed by atoms with van der Waals surface area (Å²) >= 11 is 1.40. The summed E-state index contributed by atoms with van der Waals surface area (Å²) in [5.74, 6) is -0.339. The van der Waals surface area contributed by atoms with Crippen LogP contribution >= 0.6 is 11.3 Å². The lowest BCUT2D eigenvalue weighted by Crippen LogP contribution is -2.44. The Kier molecular flexibility index (Phi) is 4.50. The van der Waals surface area contributed by atoms with Crippen molar-refractivity contribution in [2.75, 3.05) is 0 Å². The number of fused-ring (bicyclic) bond motifs is 1. The molecule has 0 aliphatic rings. The third-order valence-corrected chi connectivity index (χ3v) is 5.14. The number of hydrazine groups is 1. The standard InChI is InChI=1S/C19H16N6O2S/c1-11(22-23-17(26)13-7-9-20-10-8-13)16-12(2)24-25(18(16)27)19-21-14-5-3-4-6-15(14)28-19/h3-10,22,24H,2H2,1H3,(H,23,26). The first-order chi connectivity index (χ1) is 13.5. The van der Waals surface area contributed by atoms with Crippen LogP contribution in [0.3, 0.4) is 0 Å². The van der Waals surface area contributed by atoms with Crippen LogP contribution in [-0.2, 0) is 0 Å². The van der Waals surface area contributed by atoms with Crippen LogP contribution in [-0.4, -0.2) is 25.7 Å². The zero-order chi connectivity index (χ0) is 19.7. The molecule has 0 aliphatic carbocycles. The lowest BCUT2D eigenvalue weighted by Gasteiger charge is -2.07. The van der Waals surface area contributed by atoms with Crippen molar-refractivity contribution >= 4 is 39.7 Å². The van der Waals surface area contributed by atoms with Gasteiger partial charge in [-0.15, -0.1) is 0 Å². The number of rotatable bonds is 4. The summed E-state index contributed by atoms with van der Waals surface area (Å²) in [6.45, 7) is 5.60.